The van der Waals surface area contributed by atoms with E-state index in [0.29, 0.717) is 22.2 Å². The zero-order chi connectivity index (χ0) is 22.7. The number of fused-ring (bicyclic) bond motifs is 1. The van der Waals surface area contributed by atoms with Gasteiger partial charge in [0.15, 0.2) is 0 Å². The maximum absolute atomic E-state index is 12.9. The summed E-state index contributed by atoms with van der Waals surface area (Å²) in [6.07, 6.45) is 0.999. The van der Waals surface area contributed by atoms with Crippen LogP contribution in [0.25, 0.3) is 0 Å². The Labute approximate surface area is 199 Å². The van der Waals surface area contributed by atoms with Crippen LogP contribution in [0, 0.1) is 0 Å². The van der Waals surface area contributed by atoms with Crippen molar-refractivity contribution >= 4 is 34.8 Å². The van der Waals surface area contributed by atoms with Crippen molar-refractivity contribution in [2.24, 2.45) is 0 Å². The molecule has 0 fully saturated rings. The van der Waals surface area contributed by atoms with Gasteiger partial charge in [0, 0.05) is 44.4 Å². The Morgan fingerprint density at radius 1 is 1.03 bits per heavy atom. The highest BCUT2D eigenvalue weighted by Gasteiger charge is 2.25. The first-order valence-electron chi connectivity index (χ1n) is 10.7. The second-order valence-electron chi connectivity index (χ2n) is 8.33. The number of nitrogens with one attached hydrogen (secondary N) is 1. The number of amides is 1. The highest BCUT2D eigenvalue weighted by atomic mass is 35.5. The van der Waals surface area contributed by atoms with E-state index >= 15 is 0 Å². The minimum absolute atomic E-state index is 0.0506. The van der Waals surface area contributed by atoms with Crippen LogP contribution in [-0.2, 0) is 13.0 Å². The van der Waals surface area contributed by atoms with Gasteiger partial charge in [-0.1, -0.05) is 59.6 Å². The lowest BCUT2D eigenvalue weighted by atomic mass is 9.96. The normalized spacial score (nSPS) is 14.5. The standard InChI is InChI=1S/C26H27Cl2N3O/c1-30(2)22-10-7-19(8-11-22)25(31-14-13-18-5-3-4-6-20(18)17-31)16-29-26(32)23-12-9-21(27)15-24(23)28/h3-12,15,25H,13-14,16-17H2,1-2H3,(H,29,32). The van der Waals surface area contributed by atoms with E-state index in [1.54, 1.807) is 18.2 Å². The summed E-state index contributed by atoms with van der Waals surface area (Å²) in [5, 5.41) is 3.96. The van der Waals surface area contributed by atoms with Crippen molar-refractivity contribution in [3.8, 4) is 0 Å². The summed E-state index contributed by atoms with van der Waals surface area (Å²) in [7, 11) is 4.06. The van der Waals surface area contributed by atoms with Crippen LogP contribution < -0.4 is 10.2 Å². The van der Waals surface area contributed by atoms with Crippen LogP contribution in [0.15, 0.2) is 66.7 Å². The lowest BCUT2D eigenvalue weighted by Crippen LogP contribution is -2.40. The average molecular weight is 468 g/mol. The largest absolute Gasteiger partial charge is 0.378 e. The molecule has 1 aliphatic rings. The number of anilines is 1. The predicted molar refractivity (Wildman–Crippen MR) is 133 cm³/mol. The molecule has 166 valence electrons. The predicted octanol–water partition coefficient (Wildman–Crippen LogP) is 5.59. The van der Waals surface area contributed by atoms with Crippen molar-refractivity contribution in [2.75, 3.05) is 32.1 Å². The third kappa shape index (κ3) is 5.09. The van der Waals surface area contributed by atoms with Crippen LogP contribution in [0.3, 0.4) is 0 Å². The van der Waals surface area contributed by atoms with Crippen molar-refractivity contribution in [3.63, 3.8) is 0 Å². The fraction of sp³-hybridized carbons (Fsp3) is 0.269. The maximum atomic E-state index is 12.9. The number of benzene rings is 3. The quantitative estimate of drug-likeness (QED) is 0.513. The van der Waals surface area contributed by atoms with Gasteiger partial charge in [0.05, 0.1) is 16.6 Å². The van der Waals surface area contributed by atoms with Crippen molar-refractivity contribution in [1.29, 1.82) is 0 Å². The molecular formula is C26H27Cl2N3O. The zero-order valence-electron chi connectivity index (χ0n) is 18.3. The van der Waals surface area contributed by atoms with Gasteiger partial charge in [-0.25, -0.2) is 0 Å². The molecule has 0 bridgehead atoms. The van der Waals surface area contributed by atoms with E-state index in [1.807, 2.05) is 14.1 Å². The molecule has 1 unspecified atom stereocenters. The molecule has 0 saturated heterocycles. The molecule has 32 heavy (non-hydrogen) atoms. The molecule has 1 atom stereocenters. The number of carbonyl (C=O) groups excluding carboxylic acids is 1. The van der Waals surface area contributed by atoms with Gasteiger partial charge in [0.1, 0.15) is 0 Å². The monoisotopic (exact) mass is 467 g/mol. The molecule has 3 aromatic rings. The van der Waals surface area contributed by atoms with Crippen LogP contribution in [0.5, 0.6) is 0 Å². The van der Waals surface area contributed by atoms with Crippen LogP contribution >= 0.6 is 23.2 Å². The van der Waals surface area contributed by atoms with Gasteiger partial charge in [0.25, 0.3) is 5.91 Å². The van der Waals surface area contributed by atoms with Crippen molar-refractivity contribution in [2.45, 2.75) is 19.0 Å². The number of carbonyl (C=O) groups is 1. The van der Waals surface area contributed by atoms with Crippen LogP contribution in [-0.4, -0.2) is 38.0 Å². The third-order valence-electron chi connectivity index (χ3n) is 6.03. The molecule has 0 aromatic heterocycles. The SMILES string of the molecule is CN(C)c1ccc(C(CNC(=O)c2ccc(Cl)cc2Cl)N2CCc3ccccc3C2)cc1. The Morgan fingerprint density at radius 2 is 1.75 bits per heavy atom. The van der Waals surface area contributed by atoms with E-state index < -0.39 is 0 Å². The zero-order valence-corrected chi connectivity index (χ0v) is 19.8. The second-order valence-corrected chi connectivity index (χ2v) is 9.17. The van der Waals surface area contributed by atoms with Gasteiger partial charge in [-0.3, -0.25) is 9.69 Å². The molecule has 4 rings (SSSR count). The van der Waals surface area contributed by atoms with Crippen molar-refractivity contribution < 1.29 is 4.79 Å². The number of nitrogens with zero attached hydrogens (tertiary/aromatic N) is 2. The molecule has 4 nitrogen and oxygen atoms in total. The molecular weight excluding hydrogens is 441 g/mol. The third-order valence-corrected chi connectivity index (χ3v) is 6.57. The van der Waals surface area contributed by atoms with Crippen LogP contribution in [0.4, 0.5) is 5.69 Å². The van der Waals surface area contributed by atoms with Gasteiger partial charge < -0.3 is 10.2 Å². The molecule has 1 aliphatic heterocycles. The second kappa shape index (κ2) is 9.95. The van der Waals surface area contributed by atoms with Gasteiger partial charge in [0.2, 0.25) is 0 Å². The molecule has 1 N–H and O–H groups in total. The van der Waals surface area contributed by atoms with Crippen molar-refractivity contribution in [3.05, 3.63) is 99.0 Å². The summed E-state index contributed by atoms with van der Waals surface area (Å²) in [5.41, 5.74) is 5.51. The fourth-order valence-corrected chi connectivity index (χ4v) is 4.69. The molecule has 0 aliphatic carbocycles. The van der Waals surface area contributed by atoms with E-state index in [4.69, 9.17) is 23.2 Å². The minimum Gasteiger partial charge on any atom is -0.378 e. The van der Waals surface area contributed by atoms with E-state index in [2.05, 4.69) is 63.6 Å². The number of halogens is 2. The number of hydrogen-bond acceptors (Lipinski definition) is 3. The topological polar surface area (TPSA) is 35.6 Å². The smallest absolute Gasteiger partial charge is 0.252 e. The maximum Gasteiger partial charge on any atom is 0.252 e. The molecule has 0 saturated carbocycles. The van der Waals surface area contributed by atoms with E-state index in [-0.39, 0.29) is 11.9 Å². The Balaban J connectivity index is 1.57. The highest BCUT2D eigenvalue weighted by molar-refractivity contribution is 6.36. The molecule has 1 amide bonds. The fourth-order valence-electron chi connectivity index (χ4n) is 4.19. The first-order chi connectivity index (χ1) is 15.4. The summed E-state index contributed by atoms with van der Waals surface area (Å²) in [4.78, 5) is 17.4. The minimum atomic E-state index is -0.195. The van der Waals surface area contributed by atoms with E-state index in [9.17, 15) is 4.79 Å². The Kier molecular flexibility index (Phi) is 7.04. The van der Waals surface area contributed by atoms with E-state index in [1.165, 1.54) is 16.7 Å². The first-order valence-corrected chi connectivity index (χ1v) is 11.5. The molecule has 1 heterocycles. The summed E-state index contributed by atoms with van der Waals surface area (Å²) in [5.74, 6) is -0.195. The molecule has 6 heteroatoms. The van der Waals surface area contributed by atoms with Gasteiger partial charge in [-0.2, -0.15) is 0 Å². The lowest BCUT2D eigenvalue weighted by Gasteiger charge is -2.36. The van der Waals surface area contributed by atoms with Crippen molar-refractivity contribution in [1.82, 2.24) is 10.2 Å². The molecule has 0 spiro atoms. The summed E-state index contributed by atoms with van der Waals surface area (Å²) in [6, 6.07) is 22.1. The highest BCUT2D eigenvalue weighted by Crippen LogP contribution is 2.29. The summed E-state index contributed by atoms with van der Waals surface area (Å²) >= 11 is 12.2. The average Bonchev–Trinajstić information content (AvgIpc) is 2.79. The lowest BCUT2D eigenvalue weighted by molar-refractivity contribution is 0.0928. The van der Waals surface area contributed by atoms with Gasteiger partial charge in [-0.05, 0) is 53.4 Å². The van der Waals surface area contributed by atoms with Crippen LogP contribution in [0.2, 0.25) is 10.0 Å². The Bertz CT molecular complexity index is 1100. The van der Waals surface area contributed by atoms with E-state index in [0.717, 1.165) is 25.2 Å². The van der Waals surface area contributed by atoms with Gasteiger partial charge in [-0.15, -0.1) is 0 Å². The number of hydrogen-bond donors (Lipinski definition) is 1. The number of rotatable bonds is 6. The summed E-state index contributed by atoms with van der Waals surface area (Å²) < 4.78 is 0. The Morgan fingerprint density at radius 3 is 2.44 bits per heavy atom. The molecule has 0 radical (unpaired) electrons. The molecule has 3 aromatic carbocycles. The Hall–Kier alpha value is -2.53. The summed E-state index contributed by atoms with van der Waals surface area (Å²) in [6.45, 7) is 2.28. The first kappa shape index (κ1) is 22.7. The van der Waals surface area contributed by atoms with Gasteiger partial charge >= 0.3 is 0 Å². The van der Waals surface area contributed by atoms with Crippen LogP contribution in [0.1, 0.15) is 33.1 Å².